The maximum absolute atomic E-state index is 5.48. The molecule has 0 saturated heterocycles. The van der Waals surface area contributed by atoms with Crippen LogP contribution in [0.25, 0.3) is 28.5 Å². The van der Waals surface area contributed by atoms with Crippen molar-refractivity contribution in [1.29, 1.82) is 0 Å². The largest absolute Gasteiger partial charge is 0.497 e. The second-order valence-corrected chi connectivity index (χ2v) is 7.84. The molecule has 2 aromatic carbocycles. The fourth-order valence-electron chi connectivity index (χ4n) is 3.26. The summed E-state index contributed by atoms with van der Waals surface area (Å²) in [7, 11) is 1.63. The zero-order valence-corrected chi connectivity index (χ0v) is 18.2. The third-order valence-electron chi connectivity index (χ3n) is 4.88. The summed E-state index contributed by atoms with van der Waals surface area (Å²) in [5.74, 6) is 3.79. The van der Waals surface area contributed by atoms with E-state index < -0.39 is 0 Å². The van der Waals surface area contributed by atoms with Crippen LogP contribution in [-0.4, -0.2) is 32.0 Å². The topological polar surface area (TPSA) is 92.0 Å². The summed E-state index contributed by atoms with van der Waals surface area (Å²) in [6.45, 7) is 1.91. The Morgan fingerprint density at radius 2 is 1.81 bits per heavy atom. The van der Waals surface area contributed by atoms with E-state index in [1.165, 1.54) is 11.8 Å². The van der Waals surface area contributed by atoms with Gasteiger partial charge in [0.1, 0.15) is 11.5 Å². The summed E-state index contributed by atoms with van der Waals surface area (Å²) < 4.78 is 18.1. The van der Waals surface area contributed by atoms with Crippen molar-refractivity contribution in [2.75, 3.05) is 7.11 Å². The Bertz CT molecular complexity index is 1330. The van der Waals surface area contributed by atoms with E-state index in [1.807, 2.05) is 72.2 Å². The zero-order valence-electron chi connectivity index (χ0n) is 17.4. The van der Waals surface area contributed by atoms with Crippen molar-refractivity contribution in [3.8, 4) is 34.3 Å². The maximum Gasteiger partial charge on any atom is 0.257 e. The molecule has 0 atom stereocenters. The van der Waals surface area contributed by atoms with E-state index >= 15 is 0 Å². The van der Waals surface area contributed by atoms with Crippen LogP contribution >= 0.6 is 11.8 Å². The van der Waals surface area contributed by atoms with Crippen molar-refractivity contribution in [3.63, 3.8) is 0 Å². The number of hydrogen-bond acceptors (Lipinski definition) is 8. The summed E-state index contributed by atoms with van der Waals surface area (Å²) in [5.41, 5.74) is 2.69. The van der Waals surface area contributed by atoms with Crippen molar-refractivity contribution in [2.24, 2.45) is 0 Å². The standard InChI is InChI=1S/C23H19N5O3S/c1-15-19(12-13-30-15)21-25-26-23(28(21)17-6-4-3-5-7-17)32-14-20-24-22(31-27-20)16-8-10-18(29-2)11-9-16/h3-13H,14H2,1-2H3. The molecule has 0 N–H and O–H groups in total. The highest BCUT2D eigenvalue weighted by Gasteiger charge is 2.20. The molecule has 0 saturated carbocycles. The second kappa shape index (κ2) is 8.72. The zero-order chi connectivity index (χ0) is 21.9. The minimum absolute atomic E-state index is 0.461. The van der Waals surface area contributed by atoms with Gasteiger partial charge in [-0.1, -0.05) is 35.1 Å². The van der Waals surface area contributed by atoms with E-state index in [9.17, 15) is 0 Å². The summed E-state index contributed by atoms with van der Waals surface area (Å²) in [5, 5.41) is 13.7. The van der Waals surface area contributed by atoms with Crippen molar-refractivity contribution < 1.29 is 13.7 Å². The highest BCUT2D eigenvalue weighted by Crippen LogP contribution is 2.31. The molecule has 0 aliphatic heterocycles. The molecule has 0 fully saturated rings. The van der Waals surface area contributed by atoms with E-state index in [0.717, 1.165) is 39.3 Å². The molecule has 9 heteroatoms. The Labute approximate surface area is 188 Å². The average Bonchev–Trinajstić information content (AvgIpc) is 3.58. The Morgan fingerprint density at radius 1 is 1.00 bits per heavy atom. The fraction of sp³-hybridized carbons (Fsp3) is 0.130. The van der Waals surface area contributed by atoms with Gasteiger partial charge in [-0.3, -0.25) is 4.57 Å². The molecule has 0 aliphatic carbocycles. The SMILES string of the molecule is COc1ccc(-c2nc(CSc3nnc(-c4ccoc4C)n3-c3ccccc3)no2)cc1. The third-order valence-corrected chi connectivity index (χ3v) is 5.81. The van der Waals surface area contributed by atoms with Gasteiger partial charge in [-0.15, -0.1) is 10.2 Å². The molecule has 0 aliphatic rings. The van der Waals surface area contributed by atoms with Gasteiger partial charge in [0.05, 0.1) is 24.7 Å². The van der Waals surface area contributed by atoms with Crippen molar-refractivity contribution in [1.82, 2.24) is 24.9 Å². The number of furan rings is 1. The lowest BCUT2D eigenvalue weighted by molar-refractivity contribution is 0.414. The molecule has 0 spiro atoms. The minimum atomic E-state index is 0.461. The van der Waals surface area contributed by atoms with Crippen LogP contribution in [0.15, 0.2) is 81.0 Å². The predicted molar refractivity (Wildman–Crippen MR) is 120 cm³/mol. The Morgan fingerprint density at radius 3 is 2.53 bits per heavy atom. The lowest BCUT2D eigenvalue weighted by atomic mass is 10.2. The van der Waals surface area contributed by atoms with Crippen molar-refractivity contribution >= 4 is 11.8 Å². The smallest absolute Gasteiger partial charge is 0.257 e. The van der Waals surface area contributed by atoms with Crippen LogP contribution in [0.5, 0.6) is 5.75 Å². The van der Waals surface area contributed by atoms with Gasteiger partial charge in [-0.25, -0.2) is 0 Å². The number of aromatic nitrogens is 5. The molecular weight excluding hydrogens is 426 g/mol. The molecule has 160 valence electrons. The van der Waals surface area contributed by atoms with Crippen LogP contribution in [0.4, 0.5) is 0 Å². The van der Waals surface area contributed by atoms with E-state index in [1.54, 1.807) is 13.4 Å². The van der Waals surface area contributed by atoms with E-state index in [0.29, 0.717) is 17.5 Å². The number of rotatable bonds is 7. The first-order valence-corrected chi connectivity index (χ1v) is 10.9. The Hall–Kier alpha value is -3.85. The lowest BCUT2D eigenvalue weighted by Crippen LogP contribution is -2.00. The van der Waals surface area contributed by atoms with Crippen LogP contribution in [-0.2, 0) is 5.75 Å². The lowest BCUT2D eigenvalue weighted by Gasteiger charge is -2.09. The van der Waals surface area contributed by atoms with Gasteiger partial charge in [-0.05, 0) is 49.4 Å². The Balaban J connectivity index is 1.41. The monoisotopic (exact) mass is 445 g/mol. The van der Waals surface area contributed by atoms with Crippen molar-refractivity contribution in [3.05, 3.63) is 78.5 Å². The van der Waals surface area contributed by atoms with Gasteiger partial charge < -0.3 is 13.7 Å². The fourth-order valence-corrected chi connectivity index (χ4v) is 4.05. The maximum atomic E-state index is 5.48. The Kier molecular flexibility index (Phi) is 5.47. The number of hydrogen-bond donors (Lipinski definition) is 0. The number of benzene rings is 2. The molecule has 5 rings (SSSR count). The van der Waals surface area contributed by atoms with Crippen LogP contribution in [0.1, 0.15) is 11.6 Å². The van der Waals surface area contributed by atoms with E-state index in [4.69, 9.17) is 13.7 Å². The minimum Gasteiger partial charge on any atom is -0.497 e. The number of ether oxygens (including phenoxy) is 1. The molecule has 3 aromatic heterocycles. The molecule has 3 heterocycles. The van der Waals surface area contributed by atoms with Gasteiger partial charge in [0.15, 0.2) is 16.8 Å². The van der Waals surface area contributed by atoms with Gasteiger partial charge in [0.2, 0.25) is 0 Å². The molecule has 0 unspecified atom stereocenters. The van der Waals surface area contributed by atoms with Crippen molar-refractivity contribution in [2.45, 2.75) is 17.8 Å². The van der Waals surface area contributed by atoms with Gasteiger partial charge >= 0.3 is 0 Å². The number of thioether (sulfide) groups is 1. The van der Waals surface area contributed by atoms with Crippen LogP contribution in [0.3, 0.4) is 0 Å². The average molecular weight is 446 g/mol. The van der Waals surface area contributed by atoms with Gasteiger partial charge in [0, 0.05) is 11.3 Å². The predicted octanol–water partition coefficient (Wildman–Crippen LogP) is 5.19. The van der Waals surface area contributed by atoms with Gasteiger partial charge in [-0.2, -0.15) is 4.98 Å². The highest BCUT2D eigenvalue weighted by molar-refractivity contribution is 7.98. The number of nitrogens with zero attached hydrogens (tertiary/aromatic N) is 5. The number of methoxy groups -OCH3 is 1. The molecule has 0 bridgehead atoms. The summed E-state index contributed by atoms with van der Waals surface area (Å²) in [6, 6.07) is 19.4. The summed E-state index contributed by atoms with van der Waals surface area (Å²) >= 11 is 1.49. The first kappa shape index (κ1) is 20.1. The number of para-hydroxylation sites is 1. The summed E-state index contributed by atoms with van der Waals surface area (Å²) in [6.07, 6.45) is 1.65. The third kappa shape index (κ3) is 3.90. The molecular formula is C23H19N5O3S. The molecule has 0 radical (unpaired) electrons. The van der Waals surface area contributed by atoms with E-state index in [-0.39, 0.29) is 0 Å². The quantitative estimate of drug-likeness (QED) is 0.316. The first-order chi connectivity index (χ1) is 15.7. The normalized spacial score (nSPS) is 11.1. The van der Waals surface area contributed by atoms with Gasteiger partial charge in [0.25, 0.3) is 5.89 Å². The molecule has 32 heavy (non-hydrogen) atoms. The highest BCUT2D eigenvalue weighted by atomic mass is 32.2. The van der Waals surface area contributed by atoms with Crippen LogP contribution in [0.2, 0.25) is 0 Å². The summed E-state index contributed by atoms with van der Waals surface area (Å²) in [4.78, 5) is 4.51. The number of aryl methyl sites for hydroxylation is 1. The molecule has 0 amide bonds. The van der Waals surface area contributed by atoms with E-state index in [2.05, 4.69) is 20.3 Å². The molecule has 8 nitrogen and oxygen atoms in total. The van der Waals surface area contributed by atoms with Crippen LogP contribution < -0.4 is 4.74 Å². The van der Waals surface area contributed by atoms with Crippen LogP contribution in [0, 0.1) is 6.92 Å². The second-order valence-electron chi connectivity index (χ2n) is 6.90. The molecule has 5 aromatic rings. The first-order valence-electron chi connectivity index (χ1n) is 9.88.